The standard InChI is InChI=1S/C23H20N6O3/c1-2-15-10-12-17(13-11-15)26-21-20(29(31)32)22(25-14-24-21)27-28-23(30)19-9-5-7-16-6-3-4-8-18(16)19/h3-14H,2H2,1H3,(H,28,30)(H2,24,25,26,27). The average Bonchev–Trinajstić information content (AvgIpc) is 2.82. The molecule has 32 heavy (non-hydrogen) atoms. The number of nitro groups is 1. The van der Waals surface area contributed by atoms with Crippen molar-refractivity contribution >= 4 is 39.7 Å². The zero-order valence-corrected chi connectivity index (χ0v) is 17.2. The van der Waals surface area contributed by atoms with Crippen LogP contribution in [0.5, 0.6) is 0 Å². The van der Waals surface area contributed by atoms with Crippen molar-refractivity contribution in [1.29, 1.82) is 0 Å². The van der Waals surface area contributed by atoms with Gasteiger partial charge in [-0.2, -0.15) is 0 Å². The third-order valence-electron chi connectivity index (χ3n) is 4.96. The summed E-state index contributed by atoms with van der Waals surface area (Å²) in [4.78, 5) is 31.8. The normalized spacial score (nSPS) is 10.5. The van der Waals surface area contributed by atoms with Gasteiger partial charge in [-0.3, -0.25) is 25.8 Å². The molecule has 0 aliphatic rings. The average molecular weight is 428 g/mol. The summed E-state index contributed by atoms with van der Waals surface area (Å²) >= 11 is 0. The molecule has 3 N–H and O–H groups in total. The van der Waals surface area contributed by atoms with E-state index in [0.29, 0.717) is 11.3 Å². The van der Waals surface area contributed by atoms with Crippen LogP contribution in [0.1, 0.15) is 22.8 Å². The minimum Gasteiger partial charge on any atom is -0.334 e. The van der Waals surface area contributed by atoms with Crippen LogP contribution in [0.3, 0.4) is 0 Å². The lowest BCUT2D eigenvalue weighted by Crippen LogP contribution is -2.30. The predicted molar refractivity (Wildman–Crippen MR) is 123 cm³/mol. The van der Waals surface area contributed by atoms with E-state index in [0.717, 1.165) is 22.8 Å². The minimum atomic E-state index is -0.602. The Balaban J connectivity index is 1.57. The fraction of sp³-hybridized carbons (Fsp3) is 0.0870. The molecule has 0 aliphatic heterocycles. The van der Waals surface area contributed by atoms with E-state index >= 15 is 0 Å². The molecule has 0 saturated heterocycles. The van der Waals surface area contributed by atoms with E-state index in [1.807, 2.05) is 61.5 Å². The number of aryl methyl sites for hydroxylation is 1. The molecule has 1 heterocycles. The van der Waals surface area contributed by atoms with Gasteiger partial charge in [0.15, 0.2) is 0 Å². The Bertz CT molecular complexity index is 1290. The summed E-state index contributed by atoms with van der Waals surface area (Å²) in [5.41, 5.74) is 6.91. The van der Waals surface area contributed by atoms with Crippen molar-refractivity contribution in [1.82, 2.24) is 15.4 Å². The van der Waals surface area contributed by atoms with Crippen LogP contribution < -0.4 is 16.2 Å². The van der Waals surface area contributed by atoms with Gasteiger partial charge in [0.1, 0.15) is 6.33 Å². The molecule has 1 aromatic heterocycles. The molecule has 4 rings (SSSR count). The molecule has 3 aromatic carbocycles. The highest BCUT2D eigenvalue weighted by atomic mass is 16.6. The molecule has 0 aliphatic carbocycles. The second kappa shape index (κ2) is 9.09. The minimum absolute atomic E-state index is 0.0103. The first-order chi connectivity index (χ1) is 15.6. The maximum atomic E-state index is 12.7. The Morgan fingerprint density at radius 3 is 2.44 bits per heavy atom. The summed E-state index contributed by atoms with van der Waals surface area (Å²) in [5.74, 6) is -0.568. The summed E-state index contributed by atoms with van der Waals surface area (Å²) in [5, 5.41) is 16.4. The molecule has 1 amide bonds. The lowest BCUT2D eigenvalue weighted by Gasteiger charge is -2.12. The SMILES string of the molecule is CCc1ccc(Nc2ncnc(NNC(=O)c3cccc4ccccc34)c2[N+](=O)[O-])cc1. The molecular formula is C23H20N6O3. The van der Waals surface area contributed by atoms with Crippen molar-refractivity contribution in [3.8, 4) is 0 Å². The van der Waals surface area contributed by atoms with Crippen LogP contribution in [0.25, 0.3) is 10.8 Å². The highest BCUT2D eigenvalue weighted by molar-refractivity contribution is 6.07. The maximum absolute atomic E-state index is 12.7. The van der Waals surface area contributed by atoms with Crippen LogP contribution in [-0.4, -0.2) is 20.8 Å². The Hall–Kier alpha value is -4.53. The number of hydrogen-bond donors (Lipinski definition) is 3. The Morgan fingerprint density at radius 1 is 0.969 bits per heavy atom. The summed E-state index contributed by atoms with van der Waals surface area (Å²) in [6, 6.07) is 20.3. The third kappa shape index (κ3) is 4.31. The number of nitrogens with zero attached hydrogens (tertiary/aromatic N) is 3. The summed E-state index contributed by atoms with van der Waals surface area (Å²) in [6.45, 7) is 2.04. The van der Waals surface area contributed by atoms with Crippen LogP contribution in [0, 0.1) is 10.1 Å². The van der Waals surface area contributed by atoms with Crippen molar-refractivity contribution in [2.75, 3.05) is 10.7 Å². The van der Waals surface area contributed by atoms with Gasteiger partial charge in [-0.15, -0.1) is 0 Å². The Kier molecular flexibility index (Phi) is 5.89. The van der Waals surface area contributed by atoms with E-state index in [-0.39, 0.29) is 17.3 Å². The number of anilines is 3. The second-order valence-electron chi connectivity index (χ2n) is 6.96. The van der Waals surface area contributed by atoms with Crippen LogP contribution in [0.2, 0.25) is 0 Å². The number of nitrogens with one attached hydrogen (secondary N) is 3. The highest BCUT2D eigenvalue weighted by Gasteiger charge is 2.24. The van der Waals surface area contributed by atoms with Crippen LogP contribution in [-0.2, 0) is 6.42 Å². The molecule has 0 radical (unpaired) electrons. The highest BCUT2D eigenvalue weighted by Crippen LogP contribution is 2.31. The van der Waals surface area contributed by atoms with E-state index in [4.69, 9.17) is 0 Å². The first-order valence-corrected chi connectivity index (χ1v) is 9.96. The van der Waals surface area contributed by atoms with Gasteiger partial charge in [-0.1, -0.05) is 55.5 Å². The molecule has 9 nitrogen and oxygen atoms in total. The maximum Gasteiger partial charge on any atom is 0.355 e. The number of benzene rings is 3. The molecule has 0 unspecified atom stereocenters. The van der Waals surface area contributed by atoms with Gasteiger partial charge < -0.3 is 5.32 Å². The fourth-order valence-electron chi connectivity index (χ4n) is 3.30. The summed E-state index contributed by atoms with van der Waals surface area (Å²) in [7, 11) is 0. The number of fused-ring (bicyclic) bond motifs is 1. The molecule has 160 valence electrons. The van der Waals surface area contributed by atoms with E-state index < -0.39 is 10.8 Å². The second-order valence-corrected chi connectivity index (χ2v) is 6.96. The summed E-state index contributed by atoms with van der Waals surface area (Å²) in [6.07, 6.45) is 2.07. The molecule has 0 bridgehead atoms. The first-order valence-electron chi connectivity index (χ1n) is 9.96. The largest absolute Gasteiger partial charge is 0.355 e. The van der Waals surface area contributed by atoms with Gasteiger partial charge in [-0.05, 0) is 41.0 Å². The van der Waals surface area contributed by atoms with Crippen LogP contribution >= 0.6 is 0 Å². The number of carbonyl (C=O) groups excluding carboxylic acids is 1. The van der Waals surface area contributed by atoms with Crippen molar-refractivity contribution in [3.05, 3.63) is 94.3 Å². The molecule has 4 aromatic rings. The van der Waals surface area contributed by atoms with E-state index in [1.165, 1.54) is 6.33 Å². The van der Waals surface area contributed by atoms with Crippen LogP contribution in [0.4, 0.5) is 23.0 Å². The van der Waals surface area contributed by atoms with Gasteiger partial charge in [-0.25, -0.2) is 9.97 Å². The van der Waals surface area contributed by atoms with Crippen LogP contribution in [0.15, 0.2) is 73.1 Å². The Morgan fingerprint density at radius 2 is 1.69 bits per heavy atom. The monoisotopic (exact) mass is 428 g/mol. The zero-order valence-electron chi connectivity index (χ0n) is 17.2. The Labute approximate surface area is 183 Å². The zero-order chi connectivity index (χ0) is 22.5. The molecule has 9 heteroatoms. The summed E-state index contributed by atoms with van der Waals surface area (Å²) < 4.78 is 0. The number of hydrazine groups is 1. The molecular weight excluding hydrogens is 408 g/mol. The van der Waals surface area contributed by atoms with Gasteiger partial charge in [0.25, 0.3) is 5.91 Å². The van der Waals surface area contributed by atoms with Gasteiger partial charge >= 0.3 is 5.69 Å². The van der Waals surface area contributed by atoms with E-state index in [1.54, 1.807) is 12.1 Å². The van der Waals surface area contributed by atoms with Gasteiger partial charge in [0.05, 0.1) is 4.92 Å². The predicted octanol–water partition coefficient (Wildman–Crippen LogP) is 4.60. The first kappa shape index (κ1) is 20.7. The number of hydrogen-bond acceptors (Lipinski definition) is 7. The van der Waals surface area contributed by atoms with Gasteiger partial charge in [0.2, 0.25) is 11.6 Å². The van der Waals surface area contributed by atoms with Crippen molar-refractivity contribution in [2.45, 2.75) is 13.3 Å². The lowest BCUT2D eigenvalue weighted by atomic mass is 10.0. The van der Waals surface area contributed by atoms with Crippen molar-refractivity contribution in [2.24, 2.45) is 0 Å². The molecule has 0 spiro atoms. The van der Waals surface area contributed by atoms with Crippen molar-refractivity contribution < 1.29 is 9.72 Å². The molecule has 0 saturated carbocycles. The molecule has 0 fully saturated rings. The topological polar surface area (TPSA) is 122 Å². The quantitative estimate of drug-likeness (QED) is 0.290. The van der Waals surface area contributed by atoms with E-state index in [9.17, 15) is 14.9 Å². The van der Waals surface area contributed by atoms with Gasteiger partial charge in [0, 0.05) is 11.3 Å². The fourth-order valence-corrected chi connectivity index (χ4v) is 3.30. The van der Waals surface area contributed by atoms with E-state index in [2.05, 4.69) is 26.1 Å². The third-order valence-corrected chi connectivity index (χ3v) is 4.96. The number of aromatic nitrogens is 2. The number of amides is 1. The smallest absolute Gasteiger partial charge is 0.334 e. The molecule has 0 atom stereocenters. The van der Waals surface area contributed by atoms with Crippen molar-refractivity contribution in [3.63, 3.8) is 0 Å². The lowest BCUT2D eigenvalue weighted by molar-refractivity contribution is -0.383. The number of carbonyl (C=O) groups is 1. The number of rotatable bonds is 7.